The summed E-state index contributed by atoms with van der Waals surface area (Å²) in [6, 6.07) is 7.11. The molecule has 1 aliphatic heterocycles. The van der Waals surface area contributed by atoms with Crippen molar-refractivity contribution < 1.29 is 4.39 Å². The highest BCUT2D eigenvalue weighted by molar-refractivity contribution is 5.79. The van der Waals surface area contributed by atoms with Crippen molar-refractivity contribution in [2.45, 2.75) is 39.3 Å². The van der Waals surface area contributed by atoms with Gasteiger partial charge >= 0.3 is 0 Å². The predicted octanol–water partition coefficient (Wildman–Crippen LogP) is 2.61. The van der Waals surface area contributed by atoms with Crippen LogP contribution in [0.4, 0.5) is 4.39 Å². The van der Waals surface area contributed by atoms with Crippen molar-refractivity contribution in [2.24, 2.45) is 10.9 Å². The number of nitrogens with zero attached hydrogens (tertiary/aromatic N) is 2. The van der Waals surface area contributed by atoms with Crippen LogP contribution in [0.2, 0.25) is 0 Å². The molecule has 1 unspecified atom stereocenters. The predicted molar refractivity (Wildman–Crippen MR) is 94.0 cm³/mol. The Labute approximate surface area is 139 Å². The van der Waals surface area contributed by atoms with Crippen LogP contribution in [-0.2, 0) is 6.54 Å². The normalized spacial score (nSPS) is 18.7. The number of hydrogen-bond donors (Lipinski definition) is 2. The number of rotatable bonds is 5. The van der Waals surface area contributed by atoms with Crippen LogP contribution in [0, 0.1) is 11.7 Å². The zero-order valence-corrected chi connectivity index (χ0v) is 14.5. The topological polar surface area (TPSA) is 39.7 Å². The van der Waals surface area contributed by atoms with E-state index in [0.717, 1.165) is 24.0 Å². The van der Waals surface area contributed by atoms with Gasteiger partial charge in [0.25, 0.3) is 0 Å². The van der Waals surface area contributed by atoms with E-state index in [1.165, 1.54) is 38.1 Å². The Balaban J connectivity index is 1.74. The Morgan fingerprint density at radius 3 is 2.74 bits per heavy atom. The molecule has 1 atom stereocenters. The molecule has 1 fully saturated rings. The summed E-state index contributed by atoms with van der Waals surface area (Å²) in [6.07, 6.45) is 2.58. The molecule has 1 aliphatic rings. The van der Waals surface area contributed by atoms with Crippen molar-refractivity contribution in [1.82, 2.24) is 15.5 Å². The molecule has 0 aliphatic carbocycles. The molecule has 0 amide bonds. The molecule has 0 saturated carbocycles. The third-order valence-electron chi connectivity index (χ3n) is 4.58. The van der Waals surface area contributed by atoms with Gasteiger partial charge in [-0.25, -0.2) is 4.39 Å². The van der Waals surface area contributed by atoms with E-state index in [4.69, 9.17) is 0 Å². The summed E-state index contributed by atoms with van der Waals surface area (Å²) < 4.78 is 13.2. The maximum Gasteiger partial charge on any atom is 0.191 e. The largest absolute Gasteiger partial charge is 0.355 e. The van der Waals surface area contributed by atoms with E-state index in [1.54, 1.807) is 13.1 Å². The summed E-state index contributed by atoms with van der Waals surface area (Å²) in [4.78, 5) is 6.77. The van der Waals surface area contributed by atoms with Gasteiger partial charge in [-0.1, -0.05) is 19.1 Å². The molecule has 0 spiro atoms. The highest BCUT2D eigenvalue weighted by Gasteiger charge is 2.20. The summed E-state index contributed by atoms with van der Waals surface area (Å²) in [7, 11) is 1.76. The fourth-order valence-electron chi connectivity index (χ4n) is 2.90. The first-order valence-electron chi connectivity index (χ1n) is 8.51. The van der Waals surface area contributed by atoms with Gasteiger partial charge in [0.15, 0.2) is 5.96 Å². The van der Waals surface area contributed by atoms with Gasteiger partial charge in [-0.05, 0) is 56.5 Å². The van der Waals surface area contributed by atoms with Crippen molar-refractivity contribution in [3.05, 3.63) is 35.6 Å². The van der Waals surface area contributed by atoms with Crippen LogP contribution in [0.15, 0.2) is 29.3 Å². The Hall–Kier alpha value is -1.62. The van der Waals surface area contributed by atoms with Crippen LogP contribution in [0.3, 0.4) is 0 Å². The van der Waals surface area contributed by atoms with Crippen LogP contribution >= 0.6 is 0 Å². The number of aliphatic imine (C=N–C) groups is 1. The number of hydrogen-bond acceptors (Lipinski definition) is 2. The lowest BCUT2D eigenvalue weighted by molar-refractivity contribution is 0.147. The zero-order valence-electron chi connectivity index (χ0n) is 14.5. The molecule has 2 rings (SSSR count). The van der Waals surface area contributed by atoms with Gasteiger partial charge in [0.05, 0.1) is 0 Å². The van der Waals surface area contributed by atoms with Crippen molar-refractivity contribution >= 4 is 5.96 Å². The molecule has 1 aromatic carbocycles. The van der Waals surface area contributed by atoms with Crippen LogP contribution in [0.25, 0.3) is 0 Å². The molecule has 23 heavy (non-hydrogen) atoms. The monoisotopic (exact) mass is 320 g/mol. The molecule has 1 heterocycles. The second-order valence-corrected chi connectivity index (χ2v) is 6.50. The molecule has 1 saturated heterocycles. The number of piperidine rings is 1. The molecule has 0 bridgehead atoms. The van der Waals surface area contributed by atoms with Gasteiger partial charge in [-0.15, -0.1) is 0 Å². The second kappa shape index (κ2) is 8.87. The highest BCUT2D eigenvalue weighted by Crippen LogP contribution is 2.17. The number of likely N-dealkylation sites (tertiary alicyclic amines) is 1. The van der Waals surface area contributed by atoms with Crippen molar-refractivity contribution in [3.63, 3.8) is 0 Å². The van der Waals surface area contributed by atoms with Gasteiger partial charge in [-0.2, -0.15) is 0 Å². The van der Waals surface area contributed by atoms with E-state index in [-0.39, 0.29) is 5.82 Å². The quantitative estimate of drug-likeness (QED) is 0.647. The van der Waals surface area contributed by atoms with Crippen LogP contribution in [0.5, 0.6) is 0 Å². The number of nitrogens with one attached hydrogen (secondary N) is 2. The molecule has 1 aromatic rings. The lowest BCUT2D eigenvalue weighted by Gasteiger charge is -2.35. The molecule has 0 aromatic heterocycles. The minimum atomic E-state index is -0.208. The first kappa shape index (κ1) is 17.7. The van der Waals surface area contributed by atoms with Crippen LogP contribution < -0.4 is 10.6 Å². The van der Waals surface area contributed by atoms with E-state index in [2.05, 4.69) is 34.4 Å². The molecule has 2 N–H and O–H groups in total. The molecular weight excluding hydrogens is 291 g/mol. The fraction of sp³-hybridized carbons (Fsp3) is 0.611. The smallest absolute Gasteiger partial charge is 0.191 e. The number of benzene rings is 1. The maximum absolute atomic E-state index is 13.2. The summed E-state index contributed by atoms with van der Waals surface area (Å²) in [6.45, 7) is 8.37. The first-order valence-corrected chi connectivity index (χ1v) is 8.51. The fourth-order valence-corrected chi connectivity index (χ4v) is 2.90. The van der Waals surface area contributed by atoms with Gasteiger partial charge < -0.3 is 10.6 Å². The minimum absolute atomic E-state index is 0.208. The first-order chi connectivity index (χ1) is 11.1. The summed E-state index contributed by atoms with van der Waals surface area (Å²) >= 11 is 0. The minimum Gasteiger partial charge on any atom is -0.355 e. The zero-order chi connectivity index (χ0) is 16.7. The summed E-state index contributed by atoms with van der Waals surface area (Å²) in [5.41, 5.74) is 0.908. The lowest BCUT2D eigenvalue weighted by Crippen LogP contribution is -2.47. The van der Waals surface area contributed by atoms with Crippen molar-refractivity contribution in [3.8, 4) is 0 Å². The Morgan fingerprint density at radius 2 is 2.09 bits per heavy atom. The van der Waals surface area contributed by atoms with Crippen LogP contribution in [0.1, 0.15) is 32.3 Å². The average Bonchev–Trinajstić information content (AvgIpc) is 2.55. The van der Waals surface area contributed by atoms with E-state index >= 15 is 0 Å². The van der Waals surface area contributed by atoms with E-state index < -0.39 is 0 Å². The van der Waals surface area contributed by atoms with Gasteiger partial charge in [-0.3, -0.25) is 9.89 Å². The number of halogens is 1. The van der Waals surface area contributed by atoms with E-state index in [9.17, 15) is 4.39 Å². The number of guanidine groups is 1. The van der Waals surface area contributed by atoms with Crippen molar-refractivity contribution in [2.75, 3.05) is 26.7 Å². The van der Waals surface area contributed by atoms with Gasteiger partial charge in [0, 0.05) is 26.2 Å². The standard InChI is InChI=1S/C18H29FN4/c1-14-7-9-23(10-8-14)15(2)12-21-18(20-3)22-13-16-5-4-6-17(19)11-16/h4-6,11,14-15H,7-10,12-13H2,1-3H3,(H2,20,21,22). The third-order valence-corrected chi connectivity index (χ3v) is 4.58. The molecule has 5 heteroatoms. The Bertz CT molecular complexity index is 509. The average molecular weight is 320 g/mol. The summed E-state index contributed by atoms with van der Waals surface area (Å²) in [5, 5.41) is 6.60. The maximum atomic E-state index is 13.2. The van der Waals surface area contributed by atoms with Gasteiger partial charge in [0.1, 0.15) is 5.82 Å². The van der Waals surface area contributed by atoms with E-state index in [0.29, 0.717) is 12.6 Å². The third kappa shape index (κ3) is 5.82. The highest BCUT2D eigenvalue weighted by atomic mass is 19.1. The molecule has 128 valence electrons. The Kier molecular flexibility index (Phi) is 6.84. The van der Waals surface area contributed by atoms with E-state index in [1.807, 2.05) is 6.07 Å². The SMILES string of the molecule is CN=C(NCc1cccc(F)c1)NCC(C)N1CCC(C)CC1. The molecule has 4 nitrogen and oxygen atoms in total. The van der Waals surface area contributed by atoms with Crippen molar-refractivity contribution in [1.29, 1.82) is 0 Å². The lowest BCUT2D eigenvalue weighted by atomic mass is 9.98. The molecular formula is C18H29FN4. The second-order valence-electron chi connectivity index (χ2n) is 6.50. The Morgan fingerprint density at radius 1 is 1.35 bits per heavy atom. The van der Waals surface area contributed by atoms with Gasteiger partial charge in [0.2, 0.25) is 0 Å². The molecule has 0 radical (unpaired) electrons. The van der Waals surface area contributed by atoms with Crippen LogP contribution in [-0.4, -0.2) is 43.6 Å². The summed E-state index contributed by atoms with van der Waals surface area (Å²) in [5.74, 6) is 1.40.